The maximum atomic E-state index is 11.6. The van der Waals surface area contributed by atoms with Gasteiger partial charge in [-0.1, -0.05) is 48.0 Å². The molecular weight excluding hydrogens is 561 g/mol. The number of nitrogen functional groups attached to an aromatic ring is 1. The van der Waals surface area contributed by atoms with Crippen molar-refractivity contribution in [3.63, 3.8) is 0 Å². The summed E-state index contributed by atoms with van der Waals surface area (Å²) in [5.74, 6) is 0.336. The molecule has 5 rings (SSSR count). The molecule has 0 saturated carbocycles. The second kappa shape index (κ2) is 11.3. The first-order chi connectivity index (χ1) is 19.7. The van der Waals surface area contributed by atoms with Crippen LogP contribution < -0.4 is 15.8 Å². The largest absolute Gasteiger partial charge is 0.423 e. The van der Waals surface area contributed by atoms with E-state index in [0.717, 1.165) is 11.3 Å². The van der Waals surface area contributed by atoms with Crippen molar-refractivity contribution in [3.05, 3.63) is 94.4 Å². The third kappa shape index (κ3) is 5.31. The molecule has 41 heavy (non-hydrogen) atoms. The highest BCUT2D eigenvalue weighted by Crippen LogP contribution is 2.46. The maximum Gasteiger partial charge on any atom is 0.322 e. The molecule has 5 aromatic rings. The van der Waals surface area contributed by atoms with Gasteiger partial charge in [0.25, 0.3) is 0 Å². The number of anilines is 1. The molecule has 3 heterocycles. The number of hydrogen-bond acceptors (Lipinski definition) is 7. The molecule has 0 spiro atoms. The Morgan fingerprint density at radius 3 is 2.68 bits per heavy atom. The Balaban J connectivity index is 1.68. The standard InChI is InChI=1S/C30H23Cl2N7O2/c1-4-24(40)36-14-17-5-7-20(21(31)11-17)28-25(26-27(39(28)3)19(13-33)15-37-29(26)34)18-6-8-23(22(32)12-18)41-30-35-10-9-16(2)38-30/h4-12,15H,1,14H2,2-3H3,(H2,34,37)(H,36,40). The van der Waals surface area contributed by atoms with Crippen LogP contribution in [-0.4, -0.2) is 25.4 Å². The molecule has 0 aliphatic carbocycles. The Bertz CT molecular complexity index is 1890. The van der Waals surface area contributed by atoms with E-state index in [4.69, 9.17) is 33.7 Å². The molecule has 0 aliphatic heterocycles. The molecule has 0 bridgehead atoms. The van der Waals surface area contributed by atoms with Gasteiger partial charge in [-0.05, 0) is 48.4 Å². The molecule has 0 saturated heterocycles. The molecule has 204 valence electrons. The molecule has 0 atom stereocenters. The highest BCUT2D eigenvalue weighted by Gasteiger charge is 2.25. The molecule has 1 amide bonds. The van der Waals surface area contributed by atoms with Crippen LogP contribution in [0.3, 0.4) is 0 Å². The third-order valence-electron chi connectivity index (χ3n) is 6.49. The summed E-state index contributed by atoms with van der Waals surface area (Å²) < 4.78 is 7.71. The van der Waals surface area contributed by atoms with Crippen LogP contribution in [0, 0.1) is 18.3 Å². The Morgan fingerprint density at radius 1 is 1.20 bits per heavy atom. The van der Waals surface area contributed by atoms with Gasteiger partial charge in [0.2, 0.25) is 5.91 Å². The van der Waals surface area contributed by atoms with Crippen molar-refractivity contribution < 1.29 is 9.53 Å². The van der Waals surface area contributed by atoms with Crippen molar-refractivity contribution in [1.29, 1.82) is 5.26 Å². The number of halogens is 2. The lowest BCUT2D eigenvalue weighted by molar-refractivity contribution is -0.116. The van der Waals surface area contributed by atoms with Crippen LogP contribution in [0.15, 0.2) is 67.5 Å². The minimum atomic E-state index is -0.286. The number of fused-ring (bicyclic) bond motifs is 1. The number of nitrogens with two attached hydrogens (primary N) is 1. The van der Waals surface area contributed by atoms with Crippen LogP contribution in [0.25, 0.3) is 33.3 Å². The zero-order valence-electron chi connectivity index (χ0n) is 22.1. The molecular formula is C30H23Cl2N7O2. The fraction of sp³-hybridized carbons (Fsp3) is 0.100. The van der Waals surface area contributed by atoms with E-state index in [1.165, 1.54) is 12.3 Å². The first-order valence-electron chi connectivity index (χ1n) is 12.3. The monoisotopic (exact) mass is 583 g/mol. The number of benzene rings is 2. The summed E-state index contributed by atoms with van der Waals surface area (Å²) in [7, 11) is 1.84. The van der Waals surface area contributed by atoms with Gasteiger partial charge in [0.05, 0.1) is 32.2 Å². The number of nitrogens with one attached hydrogen (secondary N) is 1. The van der Waals surface area contributed by atoms with Crippen LogP contribution >= 0.6 is 23.2 Å². The lowest BCUT2D eigenvalue weighted by Gasteiger charge is -2.13. The van der Waals surface area contributed by atoms with Gasteiger partial charge in [-0.25, -0.2) is 15.0 Å². The quantitative estimate of drug-likeness (QED) is 0.213. The average molecular weight is 584 g/mol. The predicted octanol–water partition coefficient (Wildman–Crippen LogP) is 6.36. The van der Waals surface area contributed by atoms with Crippen LogP contribution in [0.4, 0.5) is 5.82 Å². The summed E-state index contributed by atoms with van der Waals surface area (Å²) in [4.78, 5) is 24.3. The first-order valence-corrected chi connectivity index (χ1v) is 13.1. The summed E-state index contributed by atoms with van der Waals surface area (Å²) in [6.07, 6.45) is 4.26. The van der Waals surface area contributed by atoms with Crippen molar-refractivity contribution in [3.8, 4) is 40.2 Å². The highest BCUT2D eigenvalue weighted by molar-refractivity contribution is 6.34. The molecule has 3 aromatic heterocycles. The molecule has 2 aromatic carbocycles. The van der Waals surface area contributed by atoms with E-state index < -0.39 is 0 Å². The highest BCUT2D eigenvalue weighted by atomic mass is 35.5. The van der Waals surface area contributed by atoms with Crippen molar-refractivity contribution in [2.75, 3.05) is 5.73 Å². The smallest absolute Gasteiger partial charge is 0.322 e. The van der Waals surface area contributed by atoms with Gasteiger partial charge in [-0.2, -0.15) is 5.26 Å². The molecule has 11 heteroatoms. The number of carbonyl (C=O) groups is 1. The van der Waals surface area contributed by atoms with Gasteiger partial charge < -0.3 is 20.4 Å². The first kappa shape index (κ1) is 27.6. The predicted molar refractivity (Wildman–Crippen MR) is 160 cm³/mol. The number of hydrogen-bond donors (Lipinski definition) is 2. The van der Waals surface area contributed by atoms with Crippen LogP contribution in [0.5, 0.6) is 11.8 Å². The normalized spacial score (nSPS) is 10.8. The van der Waals surface area contributed by atoms with E-state index in [9.17, 15) is 10.1 Å². The fourth-order valence-electron chi connectivity index (χ4n) is 4.62. The third-order valence-corrected chi connectivity index (χ3v) is 7.10. The molecule has 9 nitrogen and oxygen atoms in total. The van der Waals surface area contributed by atoms with Gasteiger partial charge in [0.15, 0.2) is 0 Å². The molecule has 0 unspecified atom stereocenters. The molecule has 0 aliphatic rings. The Kier molecular flexibility index (Phi) is 7.62. The van der Waals surface area contributed by atoms with E-state index >= 15 is 0 Å². The summed E-state index contributed by atoms with van der Waals surface area (Å²) in [5.41, 5.74) is 11.7. The lowest BCUT2D eigenvalue weighted by atomic mass is 9.97. The summed E-state index contributed by atoms with van der Waals surface area (Å²) in [6, 6.07) is 15.0. The van der Waals surface area contributed by atoms with Gasteiger partial charge in [0.1, 0.15) is 17.6 Å². The van der Waals surface area contributed by atoms with E-state index in [1.54, 1.807) is 30.5 Å². The number of rotatable bonds is 7. The van der Waals surface area contributed by atoms with Gasteiger partial charge >= 0.3 is 6.01 Å². The molecule has 0 radical (unpaired) electrons. The van der Waals surface area contributed by atoms with E-state index in [1.807, 2.05) is 36.7 Å². The summed E-state index contributed by atoms with van der Waals surface area (Å²) >= 11 is 13.5. The van der Waals surface area contributed by atoms with E-state index in [-0.39, 0.29) is 24.3 Å². The minimum absolute atomic E-state index is 0.175. The zero-order chi connectivity index (χ0) is 29.3. The van der Waals surface area contributed by atoms with Gasteiger partial charge in [0, 0.05) is 42.8 Å². The second-order valence-electron chi connectivity index (χ2n) is 9.14. The number of amides is 1. The number of nitriles is 1. The Hall–Kier alpha value is -4.91. The van der Waals surface area contributed by atoms with Crippen LogP contribution in [0.1, 0.15) is 16.8 Å². The van der Waals surface area contributed by atoms with Gasteiger partial charge in [-0.3, -0.25) is 4.79 Å². The summed E-state index contributed by atoms with van der Waals surface area (Å²) in [6.45, 7) is 5.59. The number of aryl methyl sites for hydroxylation is 2. The van der Waals surface area contributed by atoms with Crippen LogP contribution in [-0.2, 0) is 18.4 Å². The fourth-order valence-corrected chi connectivity index (χ4v) is 5.13. The van der Waals surface area contributed by atoms with Crippen molar-refractivity contribution >= 4 is 45.8 Å². The number of aromatic nitrogens is 4. The van der Waals surface area contributed by atoms with Crippen LogP contribution in [0.2, 0.25) is 10.0 Å². The zero-order valence-corrected chi connectivity index (χ0v) is 23.6. The molecule has 0 fully saturated rings. The van der Waals surface area contributed by atoms with Crippen molar-refractivity contribution in [1.82, 2.24) is 24.8 Å². The lowest BCUT2D eigenvalue weighted by Crippen LogP contribution is -2.19. The maximum absolute atomic E-state index is 11.6. The van der Waals surface area contributed by atoms with Crippen molar-refractivity contribution in [2.24, 2.45) is 7.05 Å². The number of carbonyl (C=O) groups excluding carboxylic acids is 1. The van der Waals surface area contributed by atoms with E-state index in [2.05, 4.69) is 32.9 Å². The molecule has 3 N–H and O–H groups in total. The Labute approximate surface area is 245 Å². The Morgan fingerprint density at radius 2 is 2.00 bits per heavy atom. The number of ether oxygens (including phenoxy) is 1. The SMILES string of the molecule is C=CC(=O)NCc1ccc(-c2c(-c3ccc(Oc4nccc(C)n4)c(Cl)c3)c3c(N)ncc(C#N)c3n2C)c(Cl)c1. The summed E-state index contributed by atoms with van der Waals surface area (Å²) in [5, 5.41) is 14.0. The second-order valence-corrected chi connectivity index (χ2v) is 9.95. The topological polar surface area (TPSA) is 132 Å². The minimum Gasteiger partial charge on any atom is -0.423 e. The number of pyridine rings is 1. The van der Waals surface area contributed by atoms with E-state index in [0.29, 0.717) is 54.6 Å². The average Bonchev–Trinajstić information content (AvgIpc) is 3.26. The number of nitrogens with zero attached hydrogens (tertiary/aromatic N) is 5. The van der Waals surface area contributed by atoms with Gasteiger partial charge in [-0.15, -0.1) is 0 Å². The van der Waals surface area contributed by atoms with Crippen molar-refractivity contribution in [2.45, 2.75) is 13.5 Å².